The van der Waals surface area contributed by atoms with Crippen molar-refractivity contribution in [2.24, 2.45) is 0 Å². The summed E-state index contributed by atoms with van der Waals surface area (Å²) in [5.74, 6) is 1.63. The molecule has 0 spiro atoms. The van der Waals surface area contributed by atoms with Crippen LogP contribution in [0.2, 0.25) is 0 Å². The van der Waals surface area contributed by atoms with Crippen molar-refractivity contribution in [3.05, 3.63) is 50.1 Å². The molecule has 0 saturated heterocycles. The summed E-state index contributed by atoms with van der Waals surface area (Å²) in [4.78, 5) is 16.2. The van der Waals surface area contributed by atoms with Gasteiger partial charge in [0, 0.05) is 19.3 Å². The van der Waals surface area contributed by atoms with Gasteiger partial charge in [-0.2, -0.15) is 0 Å². The smallest absolute Gasteiger partial charge is 0.266 e. The van der Waals surface area contributed by atoms with Crippen LogP contribution in [0.15, 0.2) is 33.8 Å². The zero-order chi connectivity index (χ0) is 13.8. The highest BCUT2D eigenvalue weighted by molar-refractivity contribution is 14.1. The van der Waals surface area contributed by atoms with E-state index in [0.29, 0.717) is 16.7 Å². The molecule has 0 radical (unpaired) electrons. The lowest BCUT2D eigenvalue weighted by atomic mass is 10.2. The van der Waals surface area contributed by atoms with Crippen molar-refractivity contribution in [2.75, 3.05) is 6.54 Å². The van der Waals surface area contributed by atoms with Crippen LogP contribution in [0, 0.1) is 10.5 Å². The molecular weight excluding hydrogens is 357 g/mol. The fourth-order valence-electron chi connectivity index (χ4n) is 1.85. The highest BCUT2D eigenvalue weighted by Gasteiger charge is 2.08. The van der Waals surface area contributed by atoms with Gasteiger partial charge < -0.3 is 9.73 Å². The van der Waals surface area contributed by atoms with Crippen LogP contribution in [0.5, 0.6) is 0 Å². The van der Waals surface area contributed by atoms with Crippen molar-refractivity contribution >= 4 is 22.6 Å². The third-order valence-electron chi connectivity index (χ3n) is 2.96. The van der Waals surface area contributed by atoms with Gasteiger partial charge in [-0.3, -0.25) is 9.36 Å². The SMILES string of the molecule is Cc1ncc(I)c(=O)n1CCNC(C)c1ccco1. The second kappa shape index (κ2) is 6.33. The number of aromatic nitrogens is 2. The fourth-order valence-corrected chi connectivity index (χ4v) is 2.28. The fraction of sp³-hybridized carbons (Fsp3) is 0.385. The van der Waals surface area contributed by atoms with E-state index in [4.69, 9.17) is 4.42 Å². The molecule has 2 heterocycles. The maximum atomic E-state index is 12.0. The van der Waals surface area contributed by atoms with Crippen molar-refractivity contribution in [3.63, 3.8) is 0 Å². The first kappa shape index (κ1) is 14.3. The Bertz CT molecular complexity index is 592. The normalized spacial score (nSPS) is 12.6. The van der Waals surface area contributed by atoms with Gasteiger partial charge in [-0.05, 0) is 48.6 Å². The summed E-state index contributed by atoms with van der Waals surface area (Å²) in [6.07, 6.45) is 3.26. The number of halogens is 1. The standard InChI is InChI=1S/C13H16IN3O2/c1-9(12-4-3-7-19-12)15-5-6-17-10(2)16-8-11(14)13(17)18/h3-4,7-9,15H,5-6H2,1-2H3. The van der Waals surface area contributed by atoms with E-state index in [-0.39, 0.29) is 11.6 Å². The van der Waals surface area contributed by atoms with Crippen molar-refractivity contribution in [3.8, 4) is 0 Å². The number of hydrogen-bond acceptors (Lipinski definition) is 4. The summed E-state index contributed by atoms with van der Waals surface area (Å²) in [6, 6.07) is 3.93. The molecule has 0 saturated carbocycles. The third kappa shape index (κ3) is 3.44. The Morgan fingerprint density at radius 2 is 2.37 bits per heavy atom. The molecule has 1 atom stereocenters. The molecule has 1 N–H and O–H groups in total. The molecule has 0 aliphatic heterocycles. The first-order valence-corrected chi connectivity index (χ1v) is 7.16. The molecule has 6 heteroatoms. The molecule has 0 fully saturated rings. The van der Waals surface area contributed by atoms with E-state index < -0.39 is 0 Å². The number of rotatable bonds is 5. The molecule has 19 heavy (non-hydrogen) atoms. The monoisotopic (exact) mass is 373 g/mol. The zero-order valence-corrected chi connectivity index (χ0v) is 13.0. The lowest BCUT2D eigenvalue weighted by Gasteiger charge is -2.13. The molecule has 2 rings (SSSR count). The van der Waals surface area contributed by atoms with Crippen LogP contribution in [0.3, 0.4) is 0 Å². The predicted octanol–water partition coefficient (Wildman–Crippen LogP) is 2.10. The lowest BCUT2D eigenvalue weighted by Crippen LogP contribution is -2.31. The molecule has 102 valence electrons. The summed E-state index contributed by atoms with van der Waals surface area (Å²) < 4.78 is 7.65. The molecular formula is C13H16IN3O2. The average molecular weight is 373 g/mol. The molecule has 2 aromatic rings. The maximum absolute atomic E-state index is 12.0. The molecule has 2 aromatic heterocycles. The minimum absolute atomic E-state index is 0.0144. The first-order valence-electron chi connectivity index (χ1n) is 6.08. The number of nitrogens with one attached hydrogen (secondary N) is 1. The minimum Gasteiger partial charge on any atom is -0.468 e. The van der Waals surface area contributed by atoms with Gasteiger partial charge in [0.1, 0.15) is 11.6 Å². The van der Waals surface area contributed by atoms with E-state index in [1.807, 2.05) is 48.6 Å². The van der Waals surface area contributed by atoms with Crippen molar-refractivity contribution in [1.29, 1.82) is 0 Å². The Hall–Kier alpha value is -1.15. The van der Waals surface area contributed by atoms with Crippen molar-refractivity contribution in [2.45, 2.75) is 26.4 Å². The van der Waals surface area contributed by atoms with E-state index in [9.17, 15) is 4.79 Å². The molecule has 5 nitrogen and oxygen atoms in total. The highest BCUT2D eigenvalue weighted by Crippen LogP contribution is 2.11. The third-order valence-corrected chi connectivity index (χ3v) is 3.70. The highest BCUT2D eigenvalue weighted by atomic mass is 127. The summed E-state index contributed by atoms with van der Waals surface area (Å²) in [5, 5.41) is 3.32. The van der Waals surface area contributed by atoms with Crippen LogP contribution in [0.4, 0.5) is 0 Å². The second-order valence-electron chi connectivity index (χ2n) is 4.30. The van der Waals surface area contributed by atoms with Crippen molar-refractivity contribution in [1.82, 2.24) is 14.9 Å². The zero-order valence-electron chi connectivity index (χ0n) is 10.9. The number of nitrogens with zero attached hydrogens (tertiary/aromatic N) is 2. The predicted molar refractivity (Wildman–Crippen MR) is 81.1 cm³/mol. The summed E-state index contributed by atoms with van der Waals surface area (Å²) in [7, 11) is 0. The Kier molecular flexibility index (Phi) is 4.76. The van der Waals surface area contributed by atoms with Gasteiger partial charge in [0.05, 0.1) is 15.9 Å². The van der Waals surface area contributed by atoms with Gasteiger partial charge in [0.2, 0.25) is 0 Å². The quantitative estimate of drug-likeness (QED) is 0.816. The molecule has 1 unspecified atom stereocenters. The van der Waals surface area contributed by atoms with Crippen LogP contribution >= 0.6 is 22.6 Å². The van der Waals surface area contributed by atoms with Gasteiger partial charge in [-0.25, -0.2) is 4.98 Å². The first-order chi connectivity index (χ1) is 9.09. The molecule has 0 aliphatic rings. The van der Waals surface area contributed by atoms with Gasteiger partial charge in [0.15, 0.2) is 0 Å². The van der Waals surface area contributed by atoms with Crippen LogP contribution < -0.4 is 10.9 Å². The van der Waals surface area contributed by atoms with E-state index >= 15 is 0 Å². The van der Waals surface area contributed by atoms with E-state index in [1.165, 1.54) is 0 Å². The maximum Gasteiger partial charge on any atom is 0.266 e. The van der Waals surface area contributed by atoms with Crippen LogP contribution in [0.25, 0.3) is 0 Å². The molecule has 0 amide bonds. The molecule has 0 aliphatic carbocycles. The van der Waals surface area contributed by atoms with Crippen molar-refractivity contribution < 1.29 is 4.42 Å². The topological polar surface area (TPSA) is 60.1 Å². The second-order valence-corrected chi connectivity index (χ2v) is 5.46. The van der Waals surface area contributed by atoms with E-state index in [1.54, 1.807) is 17.0 Å². The Morgan fingerprint density at radius 1 is 1.58 bits per heavy atom. The minimum atomic E-state index is 0.0144. The summed E-state index contributed by atoms with van der Waals surface area (Å²) in [5.41, 5.74) is 0.0144. The van der Waals surface area contributed by atoms with Gasteiger partial charge in [0.25, 0.3) is 5.56 Å². The number of hydrogen-bond donors (Lipinski definition) is 1. The molecule has 0 bridgehead atoms. The van der Waals surface area contributed by atoms with Crippen LogP contribution in [-0.4, -0.2) is 16.1 Å². The number of aryl methyl sites for hydroxylation is 1. The van der Waals surface area contributed by atoms with Gasteiger partial charge >= 0.3 is 0 Å². The summed E-state index contributed by atoms with van der Waals surface area (Å²) >= 11 is 2.01. The Labute approximate surface area is 125 Å². The Morgan fingerprint density at radius 3 is 3.05 bits per heavy atom. The van der Waals surface area contributed by atoms with E-state index in [0.717, 1.165) is 11.6 Å². The lowest BCUT2D eigenvalue weighted by molar-refractivity contribution is 0.420. The molecule has 0 aromatic carbocycles. The largest absolute Gasteiger partial charge is 0.468 e. The van der Waals surface area contributed by atoms with E-state index in [2.05, 4.69) is 10.3 Å². The number of furan rings is 1. The average Bonchev–Trinajstić information content (AvgIpc) is 2.92. The van der Waals surface area contributed by atoms with Gasteiger partial charge in [-0.15, -0.1) is 0 Å². The van der Waals surface area contributed by atoms with Crippen LogP contribution in [-0.2, 0) is 6.54 Å². The van der Waals surface area contributed by atoms with Gasteiger partial charge in [-0.1, -0.05) is 0 Å². The summed E-state index contributed by atoms with van der Waals surface area (Å²) in [6.45, 7) is 5.15. The Balaban J connectivity index is 1.97. The van der Waals surface area contributed by atoms with Crippen LogP contribution in [0.1, 0.15) is 24.6 Å².